The van der Waals surface area contributed by atoms with Gasteiger partial charge in [0, 0.05) is 65.3 Å². The van der Waals surface area contributed by atoms with Gasteiger partial charge in [-0.25, -0.2) is 9.97 Å². The van der Waals surface area contributed by atoms with Gasteiger partial charge in [0.05, 0.1) is 13.0 Å². The van der Waals surface area contributed by atoms with Crippen LogP contribution in [0.3, 0.4) is 0 Å². The summed E-state index contributed by atoms with van der Waals surface area (Å²) in [6.07, 6.45) is 6.31. The molecule has 0 unspecified atom stereocenters. The van der Waals surface area contributed by atoms with Crippen molar-refractivity contribution >= 4 is 17.9 Å². The number of aliphatic imine (C=N–C) groups is 1. The van der Waals surface area contributed by atoms with Crippen LogP contribution < -0.4 is 10.2 Å². The lowest BCUT2D eigenvalue weighted by atomic mass is 9.97. The first-order valence-electron chi connectivity index (χ1n) is 10.5. The SMILES string of the molecule is CN=C(NCCCN1CCN(c2ncccn2)CC1)N1CCC(C(=O)OC)CC1. The molecule has 1 aromatic rings. The summed E-state index contributed by atoms with van der Waals surface area (Å²) in [5, 5.41) is 3.47. The minimum Gasteiger partial charge on any atom is -0.469 e. The Labute approximate surface area is 173 Å². The zero-order valence-corrected chi connectivity index (χ0v) is 17.6. The number of nitrogens with one attached hydrogen (secondary N) is 1. The van der Waals surface area contributed by atoms with Crippen LogP contribution in [0, 0.1) is 5.92 Å². The Morgan fingerprint density at radius 2 is 1.86 bits per heavy atom. The van der Waals surface area contributed by atoms with E-state index in [1.807, 2.05) is 13.1 Å². The van der Waals surface area contributed by atoms with Crippen LogP contribution in [-0.4, -0.2) is 98.2 Å². The van der Waals surface area contributed by atoms with Gasteiger partial charge in [-0.05, 0) is 31.9 Å². The number of methoxy groups -OCH3 is 1. The van der Waals surface area contributed by atoms with Crippen molar-refractivity contribution in [3.63, 3.8) is 0 Å². The maximum absolute atomic E-state index is 11.7. The van der Waals surface area contributed by atoms with Gasteiger partial charge in [-0.15, -0.1) is 0 Å². The van der Waals surface area contributed by atoms with Crippen molar-refractivity contribution in [3.8, 4) is 0 Å². The molecule has 3 heterocycles. The second-order valence-corrected chi connectivity index (χ2v) is 7.49. The molecule has 9 heteroatoms. The Bertz CT molecular complexity index is 654. The van der Waals surface area contributed by atoms with Crippen molar-refractivity contribution in [1.29, 1.82) is 0 Å². The summed E-state index contributed by atoms with van der Waals surface area (Å²) < 4.78 is 4.86. The van der Waals surface area contributed by atoms with Crippen molar-refractivity contribution in [3.05, 3.63) is 18.5 Å². The van der Waals surface area contributed by atoms with Gasteiger partial charge in [-0.1, -0.05) is 0 Å². The van der Waals surface area contributed by atoms with Crippen molar-refractivity contribution < 1.29 is 9.53 Å². The van der Waals surface area contributed by atoms with Crippen molar-refractivity contribution in [2.45, 2.75) is 19.3 Å². The van der Waals surface area contributed by atoms with Crippen LogP contribution in [0.4, 0.5) is 5.95 Å². The Hall–Kier alpha value is -2.42. The summed E-state index contributed by atoms with van der Waals surface area (Å²) >= 11 is 0. The number of esters is 1. The molecular weight excluding hydrogens is 370 g/mol. The summed E-state index contributed by atoms with van der Waals surface area (Å²) in [4.78, 5) is 31.7. The van der Waals surface area contributed by atoms with Gasteiger partial charge in [0.2, 0.25) is 5.95 Å². The Balaban J connectivity index is 1.31. The van der Waals surface area contributed by atoms with Crippen LogP contribution in [0.1, 0.15) is 19.3 Å². The van der Waals surface area contributed by atoms with E-state index in [0.717, 1.165) is 83.5 Å². The van der Waals surface area contributed by atoms with Gasteiger partial charge in [0.25, 0.3) is 0 Å². The Morgan fingerprint density at radius 1 is 1.17 bits per heavy atom. The lowest BCUT2D eigenvalue weighted by molar-refractivity contribution is -0.146. The summed E-state index contributed by atoms with van der Waals surface area (Å²) in [6, 6.07) is 1.85. The molecule has 1 aromatic heterocycles. The fraction of sp³-hybridized carbons (Fsp3) is 0.700. The van der Waals surface area contributed by atoms with E-state index >= 15 is 0 Å². The maximum Gasteiger partial charge on any atom is 0.308 e. The molecule has 29 heavy (non-hydrogen) atoms. The van der Waals surface area contributed by atoms with E-state index in [2.05, 4.69) is 35.0 Å². The highest BCUT2D eigenvalue weighted by Crippen LogP contribution is 2.18. The van der Waals surface area contributed by atoms with Gasteiger partial charge >= 0.3 is 5.97 Å². The molecule has 0 atom stereocenters. The summed E-state index contributed by atoms with van der Waals surface area (Å²) in [5.74, 6) is 1.69. The van der Waals surface area contributed by atoms with Crippen molar-refractivity contribution in [2.24, 2.45) is 10.9 Å². The zero-order chi connectivity index (χ0) is 20.5. The third-order valence-corrected chi connectivity index (χ3v) is 5.68. The van der Waals surface area contributed by atoms with Crippen LogP contribution in [0.5, 0.6) is 0 Å². The molecule has 0 bridgehead atoms. The number of ether oxygens (including phenoxy) is 1. The monoisotopic (exact) mass is 403 g/mol. The highest BCUT2D eigenvalue weighted by molar-refractivity contribution is 5.80. The summed E-state index contributed by atoms with van der Waals surface area (Å²) in [6.45, 7) is 7.64. The van der Waals surface area contributed by atoms with Gasteiger partial charge < -0.3 is 19.9 Å². The number of hydrogen-bond donors (Lipinski definition) is 1. The molecule has 0 radical (unpaired) electrons. The molecule has 0 amide bonds. The smallest absolute Gasteiger partial charge is 0.308 e. The van der Waals surface area contributed by atoms with Crippen molar-refractivity contribution in [2.75, 3.05) is 71.4 Å². The number of piperidine rings is 1. The molecule has 2 saturated heterocycles. The number of carbonyl (C=O) groups excluding carboxylic acids is 1. The number of carbonyl (C=O) groups is 1. The molecular formula is C20H33N7O2. The maximum atomic E-state index is 11.7. The van der Waals surface area contributed by atoms with Crippen molar-refractivity contribution in [1.82, 2.24) is 25.1 Å². The summed E-state index contributed by atoms with van der Waals surface area (Å²) in [5.41, 5.74) is 0. The van der Waals surface area contributed by atoms with Gasteiger partial charge in [-0.3, -0.25) is 14.7 Å². The molecule has 160 valence electrons. The molecule has 2 aliphatic rings. The molecule has 9 nitrogen and oxygen atoms in total. The van der Waals surface area contributed by atoms with Gasteiger partial charge in [0.1, 0.15) is 0 Å². The molecule has 0 aromatic carbocycles. The lowest BCUT2D eigenvalue weighted by Gasteiger charge is -2.35. The van der Waals surface area contributed by atoms with Gasteiger partial charge in [0.15, 0.2) is 5.96 Å². The average Bonchev–Trinajstić information content (AvgIpc) is 2.80. The van der Waals surface area contributed by atoms with Gasteiger partial charge in [-0.2, -0.15) is 0 Å². The second-order valence-electron chi connectivity index (χ2n) is 7.49. The molecule has 1 N–H and O–H groups in total. The van der Waals surface area contributed by atoms with E-state index in [-0.39, 0.29) is 11.9 Å². The number of rotatable bonds is 6. The molecule has 2 aliphatic heterocycles. The molecule has 2 fully saturated rings. The number of likely N-dealkylation sites (tertiary alicyclic amines) is 1. The first-order valence-corrected chi connectivity index (χ1v) is 10.5. The third-order valence-electron chi connectivity index (χ3n) is 5.68. The predicted octanol–water partition coefficient (Wildman–Crippen LogP) is 0.449. The quantitative estimate of drug-likeness (QED) is 0.317. The van der Waals surface area contributed by atoms with Crippen LogP contribution in [0.2, 0.25) is 0 Å². The Kier molecular flexibility index (Phi) is 8.03. The summed E-state index contributed by atoms with van der Waals surface area (Å²) in [7, 11) is 3.28. The second kappa shape index (κ2) is 10.9. The first kappa shape index (κ1) is 21.3. The van der Waals surface area contributed by atoms with E-state index < -0.39 is 0 Å². The number of nitrogens with zero attached hydrogens (tertiary/aromatic N) is 6. The van der Waals surface area contributed by atoms with E-state index in [0.29, 0.717) is 0 Å². The van der Waals surface area contributed by atoms with E-state index in [9.17, 15) is 4.79 Å². The topological polar surface area (TPSA) is 86.2 Å². The predicted molar refractivity (Wildman–Crippen MR) is 113 cm³/mol. The Morgan fingerprint density at radius 3 is 2.48 bits per heavy atom. The zero-order valence-electron chi connectivity index (χ0n) is 17.6. The van der Waals surface area contributed by atoms with E-state index in [4.69, 9.17) is 4.74 Å². The van der Waals surface area contributed by atoms with Crippen LogP contribution in [0.25, 0.3) is 0 Å². The molecule has 0 spiro atoms. The molecule has 0 saturated carbocycles. The van der Waals surface area contributed by atoms with E-state index in [1.54, 1.807) is 12.4 Å². The fourth-order valence-corrected chi connectivity index (χ4v) is 3.95. The van der Waals surface area contributed by atoms with Crippen LogP contribution in [-0.2, 0) is 9.53 Å². The highest BCUT2D eigenvalue weighted by atomic mass is 16.5. The lowest BCUT2D eigenvalue weighted by Crippen LogP contribution is -2.48. The average molecular weight is 404 g/mol. The largest absolute Gasteiger partial charge is 0.469 e. The number of piperazine rings is 1. The number of anilines is 1. The highest BCUT2D eigenvalue weighted by Gasteiger charge is 2.27. The van der Waals surface area contributed by atoms with E-state index in [1.165, 1.54) is 7.11 Å². The standard InChI is InChI=1S/C20H33N7O2/c1-21-19(26-11-5-17(6-12-26)18(28)29-2)22-9-4-10-25-13-15-27(16-14-25)20-23-7-3-8-24-20/h3,7-8,17H,4-6,9-16H2,1-2H3,(H,21,22). The minimum atomic E-state index is -0.0912. The third kappa shape index (κ3) is 6.03. The number of aromatic nitrogens is 2. The number of guanidine groups is 1. The molecule has 3 rings (SSSR count). The number of hydrogen-bond acceptors (Lipinski definition) is 7. The van der Waals surface area contributed by atoms with Crippen LogP contribution in [0.15, 0.2) is 23.5 Å². The normalized spacial score (nSPS) is 19.3. The van der Waals surface area contributed by atoms with Crippen LogP contribution >= 0.6 is 0 Å². The first-order chi connectivity index (χ1) is 14.2. The molecule has 0 aliphatic carbocycles. The fourth-order valence-electron chi connectivity index (χ4n) is 3.95. The minimum absolute atomic E-state index is 0.0225.